The van der Waals surface area contributed by atoms with Gasteiger partial charge in [0.25, 0.3) is 0 Å². The Hall–Kier alpha value is -1.52. The van der Waals surface area contributed by atoms with E-state index in [1.807, 2.05) is 36.4 Å². The summed E-state index contributed by atoms with van der Waals surface area (Å²) < 4.78 is 1.63. The van der Waals surface area contributed by atoms with E-state index in [1.54, 1.807) is 6.07 Å². The summed E-state index contributed by atoms with van der Waals surface area (Å²) in [6.07, 6.45) is 0.358. The van der Waals surface area contributed by atoms with Gasteiger partial charge >= 0.3 is 0 Å². The largest absolute Gasteiger partial charge is 0.294 e. The first-order valence-corrected chi connectivity index (χ1v) is 7.51. The second kappa shape index (κ2) is 5.11. The number of hydrogen-bond acceptors (Lipinski definition) is 2. The fraction of sp³-hybridized carbons (Fsp3) is 0. The van der Waals surface area contributed by atoms with Crippen LogP contribution in [-0.2, 0) is 4.79 Å². The minimum absolute atomic E-state index is 0.358. The Balaban J connectivity index is 2.61. The molecule has 3 rings (SSSR count). The van der Waals surface area contributed by atoms with Crippen molar-refractivity contribution in [3.8, 4) is 0 Å². The lowest BCUT2D eigenvalue weighted by Gasteiger charge is -2.11. The third-order valence-electron chi connectivity index (χ3n) is 3.29. The summed E-state index contributed by atoms with van der Waals surface area (Å²) in [7, 11) is 0. The Bertz CT molecular complexity index is 869. The highest BCUT2D eigenvalue weighted by Crippen LogP contribution is 2.37. The molecule has 3 aromatic carbocycles. The van der Waals surface area contributed by atoms with E-state index in [0.717, 1.165) is 30.5 Å². The highest BCUT2D eigenvalue weighted by molar-refractivity contribution is 9.13. The number of ketones is 1. The topological polar surface area (TPSA) is 34.1 Å². The van der Waals surface area contributed by atoms with E-state index in [0.29, 0.717) is 11.8 Å². The van der Waals surface area contributed by atoms with E-state index in [-0.39, 0.29) is 0 Å². The predicted molar refractivity (Wildman–Crippen MR) is 87.2 cm³/mol. The summed E-state index contributed by atoms with van der Waals surface area (Å²) in [5, 5.41) is 3.70. The lowest BCUT2D eigenvalue weighted by Crippen LogP contribution is -2.02. The smallest absolute Gasteiger partial charge is 0.226 e. The van der Waals surface area contributed by atoms with Crippen LogP contribution in [0.1, 0.15) is 10.4 Å². The first-order chi connectivity index (χ1) is 9.63. The fourth-order valence-electron chi connectivity index (χ4n) is 2.39. The molecule has 0 aliphatic heterocycles. The maximum Gasteiger partial charge on any atom is 0.226 e. The zero-order chi connectivity index (χ0) is 14.3. The summed E-state index contributed by atoms with van der Waals surface area (Å²) in [5.41, 5.74) is 0.418. The number of carbonyl (C=O) groups excluding carboxylic acids is 2. The standard InChI is InChI=1S/C16H8Br2O2/c17-13-6-5-11-10-4-2-1-3-9(10)7-12(14(20)8-19)15(11)16(13)18/h1-8H. The molecule has 0 atom stereocenters. The quantitative estimate of drug-likeness (QED) is 0.269. The van der Waals surface area contributed by atoms with Gasteiger partial charge in [-0.2, -0.15) is 0 Å². The molecular weight excluding hydrogens is 384 g/mol. The molecule has 0 aromatic heterocycles. The second-order valence-corrected chi connectivity index (χ2v) is 6.06. The second-order valence-electron chi connectivity index (χ2n) is 4.41. The van der Waals surface area contributed by atoms with E-state index in [1.165, 1.54) is 0 Å². The Labute approximate surface area is 132 Å². The Kier molecular flexibility index (Phi) is 3.44. The van der Waals surface area contributed by atoms with Crippen molar-refractivity contribution >= 4 is 65.5 Å². The van der Waals surface area contributed by atoms with Crippen molar-refractivity contribution in [2.75, 3.05) is 0 Å². The molecule has 0 saturated carbocycles. The average molecular weight is 392 g/mol. The minimum Gasteiger partial charge on any atom is -0.294 e. The molecule has 0 heterocycles. The molecule has 0 bridgehead atoms. The van der Waals surface area contributed by atoms with E-state index in [9.17, 15) is 9.59 Å². The van der Waals surface area contributed by atoms with Crippen LogP contribution >= 0.6 is 31.9 Å². The van der Waals surface area contributed by atoms with Crippen LogP contribution in [0.3, 0.4) is 0 Å². The van der Waals surface area contributed by atoms with Gasteiger partial charge in [-0.15, -0.1) is 0 Å². The molecule has 0 amide bonds. The van der Waals surface area contributed by atoms with Gasteiger partial charge in [-0.25, -0.2) is 0 Å². The third kappa shape index (κ3) is 2.00. The average Bonchev–Trinajstić information content (AvgIpc) is 2.49. The van der Waals surface area contributed by atoms with Gasteiger partial charge in [0.05, 0.1) is 0 Å². The van der Waals surface area contributed by atoms with Crippen LogP contribution in [0.25, 0.3) is 21.5 Å². The lowest BCUT2D eigenvalue weighted by molar-refractivity contribution is -0.104. The van der Waals surface area contributed by atoms with Crippen LogP contribution in [0, 0.1) is 0 Å². The van der Waals surface area contributed by atoms with Crippen LogP contribution in [-0.4, -0.2) is 12.1 Å². The summed E-state index contributed by atoms with van der Waals surface area (Å²) in [5.74, 6) is -0.514. The Morgan fingerprint density at radius 3 is 2.50 bits per heavy atom. The molecule has 0 unspecified atom stereocenters. The monoisotopic (exact) mass is 390 g/mol. The van der Waals surface area contributed by atoms with Crippen LogP contribution in [0.5, 0.6) is 0 Å². The van der Waals surface area contributed by atoms with Gasteiger partial charge in [0, 0.05) is 19.9 Å². The van der Waals surface area contributed by atoms with Gasteiger partial charge in [0.2, 0.25) is 5.78 Å². The molecule has 3 aromatic rings. The summed E-state index contributed by atoms with van der Waals surface area (Å²) in [6.45, 7) is 0. The maximum absolute atomic E-state index is 11.9. The highest BCUT2D eigenvalue weighted by Gasteiger charge is 2.16. The van der Waals surface area contributed by atoms with Crippen molar-refractivity contribution in [3.63, 3.8) is 0 Å². The SMILES string of the molecule is O=CC(=O)c1cc2ccccc2c2ccc(Br)c(Br)c12. The van der Waals surface area contributed by atoms with Crippen LogP contribution in [0.2, 0.25) is 0 Å². The lowest BCUT2D eigenvalue weighted by atomic mass is 9.95. The summed E-state index contributed by atoms with van der Waals surface area (Å²) >= 11 is 6.94. The van der Waals surface area contributed by atoms with Gasteiger partial charge in [0.1, 0.15) is 0 Å². The molecule has 0 saturated heterocycles. The fourth-order valence-corrected chi connectivity index (χ4v) is 3.28. The minimum atomic E-state index is -0.514. The van der Waals surface area contributed by atoms with E-state index in [4.69, 9.17) is 0 Å². The van der Waals surface area contributed by atoms with Gasteiger partial charge in [0.15, 0.2) is 6.29 Å². The molecule has 0 aliphatic carbocycles. The molecule has 0 fully saturated rings. The molecule has 0 spiro atoms. The molecular formula is C16H8Br2O2. The van der Waals surface area contributed by atoms with Crippen molar-refractivity contribution in [1.29, 1.82) is 0 Å². The van der Waals surface area contributed by atoms with E-state index in [2.05, 4.69) is 31.9 Å². The van der Waals surface area contributed by atoms with Gasteiger partial charge in [-0.05, 0) is 60.2 Å². The number of halogens is 2. The van der Waals surface area contributed by atoms with Crippen molar-refractivity contribution in [2.45, 2.75) is 0 Å². The number of aldehydes is 1. The van der Waals surface area contributed by atoms with Crippen LogP contribution < -0.4 is 0 Å². The van der Waals surface area contributed by atoms with E-state index < -0.39 is 5.78 Å². The Morgan fingerprint density at radius 2 is 1.75 bits per heavy atom. The number of Topliss-reactive ketones (excluding diaryl/α,β-unsaturated/α-hetero) is 1. The van der Waals surface area contributed by atoms with Crippen molar-refractivity contribution in [3.05, 3.63) is 57.0 Å². The first kappa shape index (κ1) is 13.5. The zero-order valence-electron chi connectivity index (χ0n) is 10.2. The number of benzene rings is 3. The molecule has 0 radical (unpaired) electrons. The van der Waals surface area contributed by atoms with Crippen LogP contribution in [0.15, 0.2) is 51.4 Å². The normalized spacial score (nSPS) is 10.9. The number of hydrogen-bond donors (Lipinski definition) is 0. The van der Waals surface area contributed by atoms with Gasteiger partial charge < -0.3 is 0 Å². The van der Waals surface area contributed by atoms with E-state index >= 15 is 0 Å². The number of rotatable bonds is 2. The molecule has 4 heteroatoms. The van der Waals surface area contributed by atoms with Crippen molar-refractivity contribution in [2.24, 2.45) is 0 Å². The molecule has 0 N–H and O–H groups in total. The number of fused-ring (bicyclic) bond motifs is 3. The molecule has 20 heavy (non-hydrogen) atoms. The molecule has 98 valence electrons. The Morgan fingerprint density at radius 1 is 1.00 bits per heavy atom. The zero-order valence-corrected chi connectivity index (χ0v) is 13.4. The van der Waals surface area contributed by atoms with Gasteiger partial charge in [-0.3, -0.25) is 9.59 Å². The van der Waals surface area contributed by atoms with Crippen LogP contribution in [0.4, 0.5) is 0 Å². The molecule has 2 nitrogen and oxygen atoms in total. The third-order valence-corrected chi connectivity index (χ3v) is 5.30. The summed E-state index contributed by atoms with van der Waals surface area (Å²) in [6, 6.07) is 13.5. The summed E-state index contributed by atoms with van der Waals surface area (Å²) in [4.78, 5) is 22.8. The maximum atomic E-state index is 11.9. The molecule has 0 aliphatic rings. The van der Waals surface area contributed by atoms with Crippen molar-refractivity contribution < 1.29 is 9.59 Å². The van der Waals surface area contributed by atoms with Crippen molar-refractivity contribution in [1.82, 2.24) is 0 Å². The van der Waals surface area contributed by atoms with Gasteiger partial charge in [-0.1, -0.05) is 30.3 Å². The predicted octanol–water partition coefficient (Wildman–Crippen LogP) is 4.90. The first-order valence-electron chi connectivity index (χ1n) is 5.92. The highest BCUT2D eigenvalue weighted by atomic mass is 79.9. The number of carbonyl (C=O) groups is 2.